The Kier molecular flexibility index (Phi) is 8.07. The Balaban J connectivity index is 1.38. The molecule has 1 aromatic rings. The summed E-state index contributed by atoms with van der Waals surface area (Å²) in [7, 11) is 0. The molecule has 1 unspecified atom stereocenters. The van der Waals surface area contributed by atoms with Crippen LogP contribution in [-0.2, 0) is 11.3 Å². The van der Waals surface area contributed by atoms with Gasteiger partial charge in [0.1, 0.15) is 6.23 Å². The van der Waals surface area contributed by atoms with E-state index in [9.17, 15) is 0 Å². The van der Waals surface area contributed by atoms with Crippen LogP contribution in [0.25, 0.3) is 0 Å². The SMILES string of the molecule is CCN(CC)CCCCNCc1cc(C2NCC3(CCCC3)CO2)ccn1. The van der Waals surface area contributed by atoms with E-state index in [0.717, 1.165) is 45.0 Å². The van der Waals surface area contributed by atoms with Crippen LogP contribution in [0, 0.1) is 5.41 Å². The first kappa shape index (κ1) is 20.7. The third-order valence-electron chi connectivity index (χ3n) is 6.30. The van der Waals surface area contributed by atoms with E-state index in [0.29, 0.717) is 5.41 Å². The number of pyridine rings is 1. The molecule has 1 spiro atoms. The summed E-state index contributed by atoms with van der Waals surface area (Å²) in [6, 6.07) is 4.27. The molecule has 0 aromatic carbocycles. The second-order valence-electron chi connectivity index (χ2n) is 8.27. The van der Waals surface area contributed by atoms with E-state index in [4.69, 9.17) is 4.74 Å². The Labute approximate surface area is 165 Å². The molecule has 0 radical (unpaired) electrons. The molecule has 2 heterocycles. The summed E-state index contributed by atoms with van der Waals surface area (Å²) in [5.74, 6) is 0. The number of aromatic nitrogens is 1. The summed E-state index contributed by atoms with van der Waals surface area (Å²) in [4.78, 5) is 7.01. The summed E-state index contributed by atoms with van der Waals surface area (Å²) in [5.41, 5.74) is 2.71. The van der Waals surface area contributed by atoms with E-state index in [2.05, 4.69) is 46.5 Å². The van der Waals surface area contributed by atoms with Gasteiger partial charge in [0.2, 0.25) is 0 Å². The second kappa shape index (κ2) is 10.5. The van der Waals surface area contributed by atoms with Crippen molar-refractivity contribution >= 4 is 0 Å². The highest BCUT2D eigenvalue weighted by Gasteiger charge is 2.38. The molecule has 3 rings (SSSR count). The Morgan fingerprint density at radius 3 is 2.78 bits per heavy atom. The van der Waals surface area contributed by atoms with Crippen LogP contribution in [0.15, 0.2) is 18.3 Å². The highest BCUT2D eigenvalue weighted by Crippen LogP contribution is 2.41. The van der Waals surface area contributed by atoms with Gasteiger partial charge in [-0.1, -0.05) is 26.7 Å². The molecule has 2 fully saturated rings. The maximum absolute atomic E-state index is 6.19. The quantitative estimate of drug-likeness (QED) is 0.614. The van der Waals surface area contributed by atoms with Gasteiger partial charge in [0.15, 0.2) is 0 Å². The Morgan fingerprint density at radius 2 is 2.07 bits per heavy atom. The van der Waals surface area contributed by atoms with Crippen molar-refractivity contribution < 1.29 is 4.74 Å². The van der Waals surface area contributed by atoms with Crippen molar-refractivity contribution in [2.75, 3.05) is 39.3 Å². The maximum atomic E-state index is 6.19. The molecule has 1 aliphatic heterocycles. The van der Waals surface area contributed by atoms with Crippen molar-refractivity contribution in [1.29, 1.82) is 0 Å². The van der Waals surface area contributed by atoms with Crippen molar-refractivity contribution in [3.63, 3.8) is 0 Å². The van der Waals surface area contributed by atoms with Gasteiger partial charge in [0.25, 0.3) is 0 Å². The van der Waals surface area contributed by atoms with Gasteiger partial charge in [0.05, 0.1) is 12.3 Å². The standard InChI is InChI=1S/C22H38N4O/c1-3-26(4-2)14-8-7-12-23-16-20-15-19(9-13-24-20)21-25-17-22(18-27-21)10-5-6-11-22/h9,13,15,21,23,25H,3-8,10-12,14,16-18H2,1-2H3. The summed E-state index contributed by atoms with van der Waals surface area (Å²) >= 11 is 0. The number of hydrogen-bond donors (Lipinski definition) is 2. The van der Waals surface area contributed by atoms with Gasteiger partial charge in [-0.25, -0.2) is 0 Å². The van der Waals surface area contributed by atoms with E-state index in [1.54, 1.807) is 0 Å². The first-order valence-electron chi connectivity index (χ1n) is 11.0. The average Bonchev–Trinajstić information content (AvgIpc) is 3.16. The average molecular weight is 375 g/mol. The van der Waals surface area contributed by atoms with E-state index in [-0.39, 0.29) is 6.23 Å². The summed E-state index contributed by atoms with van der Waals surface area (Å²) in [6.07, 6.45) is 9.74. The lowest BCUT2D eigenvalue weighted by atomic mass is 9.86. The molecule has 5 nitrogen and oxygen atoms in total. The molecule has 1 saturated carbocycles. The predicted molar refractivity (Wildman–Crippen MR) is 111 cm³/mol. The van der Waals surface area contributed by atoms with E-state index in [1.165, 1.54) is 50.6 Å². The molecule has 5 heteroatoms. The summed E-state index contributed by atoms with van der Waals surface area (Å²) in [6.45, 7) is 11.8. The zero-order chi connectivity index (χ0) is 19.0. The van der Waals surface area contributed by atoms with Gasteiger partial charge in [-0.3, -0.25) is 10.3 Å². The van der Waals surface area contributed by atoms with Crippen LogP contribution in [0.5, 0.6) is 0 Å². The lowest BCUT2D eigenvalue weighted by molar-refractivity contribution is -0.0705. The number of nitrogens with one attached hydrogen (secondary N) is 2. The van der Waals surface area contributed by atoms with Crippen molar-refractivity contribution in [1.82, 2.24) is 20.5 Å². The van der Waals surface area contributed by atoms with Crippen LogP contribution in [0.4, 0.5) is 0 Å². The molecular weight excluding hydrogens is 336 g/mol. The van der Waals surface area contributed by atoms with Crippen molar-refractivity contribution in [3.8, 4) is 0 Å². The summed E-state index contributed by atoms with van der Waals surface area (Å²) < 4.78 is 6.19. The third-order valence-corrected chi connectivity index (χ3v) is 6.30. The molecule has 152 valence electrons. The fourth-order valence-corrected chi connectivity index (χ4v) is 4.44. The Bertz CT molecular complexity index is 545. The molecule has 2 N–H and O–H groups in total. The largest absolute Gasteiger partial charge is 0.358 e. The molecule has 0 bridgehead atoms. The topological polar surface area (TPSA) is 49.4 Å². The number of nitrogens with zero attached hydrogens (tertiary/aromatic N) is 2. The molecular formula is C22H38N4O. The maximum Gasteiger partial charge on any atom is 0.134 e. The highest BCUT2D eigenvalue weighted by molar-refractivity contribution is 5.19. The fraction of sp³-hybridized carbons (Fsp3) is 0.773. The monoisotopic (exact) mass is 374 g/mol. The normalized spacial score (nSPS) is 22.0. The number of hydrogen-bond acceptors (Lipinski definition) is 5. The molecule has 1 saturated heterocycles. The number of ether oxygens (including phenoxy) is 1. The van der Waals surface area contributed by atoms with Crippen LogP contribution in [0.1, 0.15) is 69.9 Å². The third kappa shape index (κ3) is 5.98. The first-order chi connectivity index (χ1) is 13.2. The van der Waals surface area contributed by atoms with Gasteiger partial charge >= 0.3 is 0 Å². The van der Waals surface area contributed by atoms with Gasteiger partial charge in [-0.15, -0.1) is 0 Å². The second-order valence-corrected chi connectivity index (χ2v) is 8.27. The van der Waals surface area contributed by atoms with Crippen LogP contribution >= 0.6 is 0 Å². The molecule has 1 aliphatic carbocycles. The highest BCUT2D eigenvalue weighted by atomic mass is 16.5. The number of rotatable bonds is 10. The Hall–Kier alpha value is -1.01. The van der Waals surface area contributed by atoms with Gasteiger partial charge in [0, 0.05) is 24.7 Å². The van der Waals surface area contributed by atoms with Gasteiger partial charge < -0.3 is 15.0 Å². The molecule has 27 heavy (non-hydrogen) atoms. The fourth-order valence-electron chi connectivity index (χ4n) is 4.44. The summed E-state index contributed by atoms with van der Waals surface area (Å²) in [5, 5.41) is 7.16. The predicted octanol–water partition coefficient (Wildman–Crippen LogP) is 3.47. The van der Waals surface area contributed by atoms with E-state index < -0.39 is 0 Å². The van der Waals surface area contributed by atoms with Crippen molar-refractivity contribution in [2.24, 2.45) is 5.41 Å². The molecule has 1 aromatic heterocycles. The smallest absolute Gasteiger partial charge is 0.134 e. The van der Waals surface area contributed by atoms with Crippen molar-refractivity contribution in [3.05, 3.63) is 29.6 Å². The molecule has 2 aliphatic rings. The van der Waals surface area contributed by atoms with Crippen molar-refractivity contribution in [2.45, 2.75) is 65.1 Å². The van der Waals surface area contributed by atoms with E-state index in [1.807, 2.05) is 6.20 Å². The van der Waals surface area contributed by atoms with Crippen LogP contribution < -0.4 is 10.6 Å². The lowest BCUT2D eigenvalue weighted by Gasteiger charge is -2.38. The van der Waals surface area contributed by atoms with Crippen LogP contribution in [0.3, 0.4) is 0 Å². The first-order valence-corrected chi connectivity index (χ1v) is 11.0. The molecule has 1 atom stereocenters. The zero-order valence-corrected chi connectivity index (χ0v) is 17.3. The molecule has 0 amide bonds. The van der Waals surface area contributed by atoms with Crippen LogP contribution in [0.2, 0.25) is 0 Å². The lowest BCUT2D eigenvalue weighted by Crippen LogP contribution is -2.45. The van der Waals surface area contributed by atoms with Gasteiger partial charge in [-0.2, -0.15) is 0 Å². The zero-order valence-electron chi connectivity index (χ0n) is 17.3. The minimum absolute atomic E-state index is 0.0204. The minimum Gasteiger partial charge on any atom is -0.358 e. The number of unbranched alkanes of at least 4 members (excludes halogenated alkanes) is 1. The van der Waals surface area contributed by atoms with Gasteiger partial charge in [-0.05, 0) is 69.6 Å². The Morgan fingerprint density at radius 1 is 1.26 bits per heavy atom. The van der Waals surface area contributed by atoms with Crippen LogP contribution in [-0.4, -0.2) is 49.2 Å². The minimum atomic E-state index is 0.0204. The van der Waals surface area contributed by atoms with E-state index >= 15 is 0 Å².